The van der Waals surface area contributed by atoms with Gasteiger partial charge in [0, 0.05) is 60.6 Å². The third kappa shape index (κ3) is 7.58. The van der Waals surface area contributed by atoms with Gasteiger partial charge >= 0.3 is 0 Å². The first kappa shape index (κ1) is 27.3. The van der Waals surface area contributed by atoms with Crippen molar-refractivity contribution in [3.05, 3.63) is 84.3 Å². The van der Waals surface area contributed by atoms with Crippen LogP contribution in [0.1, 0.15) is 34.1 Å². The van der Waals surface area contributed by atoms with Crippen molar-refractivity contribution in [2.75, 3.05) is 34.8 Å². The Kier molecular flexibility index (Phi) is 9.28. The SMILES string of the molecule is C=C(F)C(=O)N(C)c1ccc(Nc2ccnc(N(Cl)CCCNC(=O)c3ccc(C(C)=O)cc3)n2)cc1. The second-order valence-corrected chi connectivity index (χ2v) is 8.42. The lowest BCUT2D eigenvalue weighted by molar-refractivity contribution is -0.116. The quantitative estimate of drug-likeness (QED) is 0.163. The van der Waals surface area contributed by atoms with Crippen molar-refractivity contribution in [1.29, 1.82) is 0 Å². The molecule has 0 aliphatic heterocycles. The number of hydrogen-bond acceptors (Lipinski definition) is 7. The van der Waals surface area contributed by atoms with Gasteiger partial charge in [0.1, 0.15) is 5.82 Å². The number of rotatable bonds is 11. The van der Waals surface area contributed by atoms with E-state index in [1.54, 1.807) is 60.8 Å². The zero-order valence-electron chi connectivity index (χ0n) is 20.4. The van der Waals surface area contributed by atoms with Crippen molar-refractivity contribution in [3.63, 3.8) is 0 Å². The Bertz CT molecular complexity index is 1280. The first-order valence-corrected chi connectivity index (χ1v) is 11.6. The molecule has 0 saturated carbocycles. The molecule has 2 aromatic carbocycles. The van der Waals surface area contributed by atoms with Crippen molar-refractivity contribution in [3.8, 4) is 0 Å². The molecule has 3 rings (SSSR count). The van der Waals surface area contributed by atoms with E-state index in [1.165, 1.54) is 18.4 Å². The van der Waals surface area contributed by atoms with Gasteiger partial charge in [-0.25, -0.2) is 9.37 Å². The molecule has 0 spiro atoms. The van der Waals surface area contributed by atoms with E-state index >= 15 is 0 Å². The summed E-state index contributed by atoms with van der Waals surface area (Å²) in [6, 6.07) is 14.9. The third-order valence-electron chi connectivity index (χ3n) is 5.29. The summed E-state index contributed by atoms with van der Waals surface area (Å²) < 4.78 is 14.4. The Labute approximate surface area is 219 Å². The summed E-state index contributed by atoms with van der Waals surface area (Å²) in [5, 5.41) is 5.93. The zero-order chi connectivity index (χ0) is 26.9. The fourth-order valence-electron chi connectivity index (χ4n) is 3.23. The van der Waals surface area contributed by atoms with E-state index in [9.17, 15) is 18.8 Å². The Balaban J connectivity index is 1.49. The number of aromatic nitrogens is 2. The van der Waals surface area contributed by atoms with Crippen LogP contribution in [0.5, 0.6) is 0 Å². The number of carbonyl (C=O) groups excluding carboxylic acids is 3. The number of nitrogens with zero attached hydrogens (tertiary/aromatic N) is 4. The first-order chi connectivity index (χ1) is 17.7. The monoisotopic (exact) mass is 524 g/mol. The molecule has 11 heteroatoms. The molecule has 0 radical (unpaired) electrons. The number of hydrogen-bond donors (Lipinski definition) is 2. The minimum atomic E-state index is -1.04. The minimum Gasteiger partial charge on any atom is -0.352 e. The summed E-state index contributed by atoms with van der Waals surface area (Å²) in [6.07, 6.45) is 2.10. The maximum atomic E-state index is 13.1. The van der Waals surface area contributed by atoms with Crippen molar-refractivity contribution >= 4 is 52.5 Å². The van der Waals surface area contributed by atoms with E-state index < -0.39 is 11.7 Å². The van der Waals surface area contributed by atoms with E-state index in [0.29, 0.717) is 47.8 Å². The molecule has 37 heavy (non-hydrogen) atoms. The average molecular weight is 525 g/mol. The van der Waals surface area contributed by atoms with Gasteiger partial charge in [-0.15, -0.1) is 0 Å². The number of halogens is 2. The van der Waals surface area contributed by atoms with Gasteiger partial charge in [-0.2, -0.15) is 4.98 Å². The molecule has 3 aromatic rings. The molecule has 0 atom stereocenters. The predicted octanol–water partition coefficient (Wildman–Crippen LogP) is 4.65. The number of amides is 2. The van der Waals surface area contributed by atoms with Crippen LogP contribution < -0.4 is 20.0 Å². The molecular formula is C26H26ClFN6O3. The van der Waals surface area contributed by atoms with E-state index in [0.717, 1.165) is 4.90 Å². The molecule has 2 amide bonds. The van der Waals surface area contributed by atoms with Gasteiger partial charge in [0.2, 0.25) is 5.95 Å². The Hall–Kier alpha value is -4.31. The van der Waals surface area contributed by atoms with Crippen molar-refractivity contribution in [2.45, 2.75) is 13.3 Å². The minimum absolute atomic E-state index is 0.0591. The third-order valence-corrected chi connectivity index (χ3v) is 5.61. The molecule has 0 aliphatic carbocycles. The predicted molar refractivity (Wildman–Crippen MR) is 142 cm³/mol. The molecule has 0 unspecified atom stereocenters. The maximum Gasteiger partial charge on any atom is 0.286 e. The topological polar surface area (TPSA) is 108 Å². The number of benzene rings is 2. The Morgan fingerprint density at radius 1 is 1.03 bits per heavy atom. The van der Waals surface area contributed by atoms with E-state index in [2.05, 4.69) is 27.2 Å². The van der Waals surface area contributed by atoms with Crippen LogP contribution in [-0.4, -0.2) is 47.7 Å². The number of carbonyl (C=O) groups is 3. The fraction of sp³-hybridized carbons (Fsp3) is 0.192. The Morgan fingerprint density at radius 3 is 2.30 bits per heavy atom. The van der Waals surface area contributed by atoms with Crippen LogP contribution in [0.3, 0.4) is 0 Å². The van der Waals surface area contributed by atoms with Gasteiger partial charge in [0.05, 0.1) is 0 Å². The van der Waals surface area contributed by atoms with Crippen molar-refractivity contribution in [2.24, 2.45) is 0 Å². The molecule has 2 N–H and O–H groups in total. The van der Waals surface area contributed by atoms with Crippen molar-refractivity contribution < 1.29 is 18.8 Å². The first-order valence-electron chi connectivity index (χ1n) is 11.3. The highest BCUT2D eigenvalue weighted by atomic mass is 35.5. The highest BCUT2D eigenvalue weighted by Gasteiger charge is 2.14. The molecule has 192 valence electrons. The standard InChI is InChI=1S/C26H26ClFN6O3/c1-17(28)25(37)33(3)22-11-9-21(10-12-22)31-23-13-15-30-26(32-23)34(27)16-4-14-29-24(36)20-7-5-19(6-8-20)18(2)35/h5-13,15H,1,4,14,16H2,2-3H3,(H,29,36)(H,30,31,32). The summed E-state index contributed by atoms with van der Waals surface area (Å²) in [7, 11) is 1.46. The largest absolute Gasteiger partial charge is 0.352 e. The molecule has 1 heterocycles. The lowest BCUT2D eigenvalue weighted by atomic mass is 10.1. The summed E-state index contributed by atoms with van der Waals surface area (Å²) >= 11 is 6.33. The molecular weight excluding hydrogens is 499 g/mol. The van der Waals surface area contributed by atoms with Gasteiger partial charge in [0.25, 0.3) is 11.8 Å². The van der Waals surface area contributed by atoms with Crippen LogP contribution in [0.15, 0.2) is 73.2 Å². The van der Waals surface area contributed by atoms with Gasteiger partial charge in [-0.1, -0.05) is 18.7 Å². The molecule has 0 fully saturated rings. The highest BCUT2D eigenvalue weighted by molar-refractivity contribution is 6.25. The van der Waals surface area contributed by atoms with Crippen LogP contribution in [0, 0.1) is 0 Å². The summed E-state index contributed by atoms with van der Waals surface area (Å²) in [4.78, 5) is 45.1. The van der Waals surface area contributed by atoms with Crippen LogP contribution in [0.25, 0.3) is 0 Å². The van der Waals surface area contributed by atoms with Gasteiger partial charge in [-0.05, 0) is 55.8 Å². The van der Waals surface area contributed by atoms with Crippen LogP contribution in [0.2, 0.25) is 0 Å². The zero-order valence-corrected chi connectivity index (χ0v) is 21.1. The molecule has 0 saturated heterocycles. The summed E-state index contributed by atoms with van der Waals surface area (Å²) in [6.45, 7) is 5.25. The number of anilines is 4. The van der Waals surface area contributed by atoms with E-state index in [-0.39, 0.29) is 17.6 Å². The molecule has 1 aromatic heterocycles. The number of ketones is 1. The van der Waals surface area contributed by atoms with E-state index in [4.69, 9.17) is 11.8 Å². The highest BCUT2D eigenvalue weighted by Crippen LogP contribution is 2.22. The van der Waals surface area contributed by atoms with Gasteiger partial charge in [-0.3, -0.25) is 18.8 Å². The van der Waals surface area contributed by atoms with Crippen LogP contribution >= 0.6 is 11.8 Å². The lowest BCUT2D eigenvalue weighted by Crippen LogP contribution is -2.27. The lowest BCUT2D eigenvalue weighted by Gasteiger charge is -2.17. The normalized spacial score (nSPS) is 10.4. The molecule has 0 aliphatic rings. The number of likely N-dealkylation sites (N-methyl/N-ethyl adjacent to an activating group) is 1. The second kappa shape index (κ2) is 12.6. The molecule has 0 bridgehead atoms. The smallest absolute Gasteiger partial charge is 0.286 e. The number of nitrogens with one attached hydrogen (secondary N) is 2. The fourth-order valence-corrected chi connectivity index (χ4v) is 3.43. The second-order valence-electron chi connectivity index (χ2n) is 8.01. The van der Waals surface area contributed by atoms with Crippen LogP contribution in [-0.2, 0) is 4.79 Å². The number of Topliss-reactive ketones (excluding diaryl/α,β-unsaturated/α-hetero) is 1. The van der Waals surface area contributed by atoms with Gasteiger partial charge < -0.3 is 15.5 Å². The van der Waals surface area contributed by atoms with Crippen molar-refractivity contribution in [1.82, 2.24) is 15.3 Å². The summed E-state index contributed by atoms with van der Waals surface area (Å²) in [5.41, 5.74) is 2.21. The average Bonchev–Trinajstić information content (AvgIpc) is 2.90. The van der Waals surface area contributed by atoms with E-state index in [1.807, 2.05) is 0 Å². The maximum absolute atomic E-state index is 13.1. The molecule has 9 nitrogen and oxygen atoms in total. The van der Waals surface area contributed by atoms with Gasteiger partial charge in [0.15, 0.2) is 11.6 Å². The van der Waals surface area contributed by atoms with Crippen LogP contribution in [0.4, 0.5) is 27.5 Å². The Morgan fingerprint density at radius 2 is 1.68 bits per heavy atom. The summed E-state index contributed by atoms with van der Waals surface area (Å²) in [5.74, 6) is -1.38.